The van der Waals surface area contributed by atoms with Gasteiger partial charge in [0.05, 0.1) is 5.60 Å². The Balaban J connectivity index is 1.78. The number of aliphatic hydroxyl groups is 1. The second kappa shape index (κ2) is 7.45. The first-order valence-corrected chi connectivity index (χ1v) is 8.12. The minimum absolute atomic E-state index is 0.0140. The van der Waals surface area contributed by atoms with Crippen LogP contribution in [0.2, 0.25) is 0 Å². The fraction of sp³-hybridized carbons (Fsp3) is 0.500. The Hall–Kier alpha value is -1.81. The minimum atomic E-state index is -0.771. The number of hydrogen-bond acceptors (Lipinski definition) is 2. The molecule has 0 aliphatic carbocycles. The lowest BCUT2D eigenvalue weighted by atomic mass is 9.97. The monoisotopic (exact) mass is 302 g/mol. The number of nitrogens with one attached hydrogen (secondary N) is 2. The van der Waals surface area contributed by atoms with Gasteiger partial charge in [-0.25, -0.2) is 0 Å². The molecule has 1 aromatic carbocycles. The Bertz CT molecular complexity index is 614. The topological polar surface area (TPSA) is 65.1 Å². The molecule has 0 fully saturated rings. The van der Waals surface area contributed by atoms with E-state index in [1.807, 2.05) is 32.2 Å². The number of aromatic amines is 1. The normalized spacial score (nSPS) is 11.8. The van der Waals surface area contributed by atoms with Crippen LogP contribution in [0.5, 0.6) is 0 Å². The predicted molar refractivity (Wildman–Crippen MR) is 89.8 cm³/mol. The number of fused-ring (bicyclic) bond motifs is 1. The quantitative estimate of drug-likeness (QED) is 0.701. The number of benzene rings is 1. The fourth-order valence-corrected chi connectivity index (χ4v) is 2.63. The largest absolute Gasteiger partial charge is 0.388 e. The maximum Gasteiger partial charge on any atom is 0.220 e. The van der Waals surface area contributed by atoms with E-state index in [9.17, 15) is 9.90 Å². The van der Waals surface area contributed by atoms with E-state index in [1.54, 1.807) is 0 Å². The van der Waals surface area contributed by atoms with E-state index in [0.717, 1.165) is 18.4 Å². The number of aromatic nitrogens is 1. The summed E-state index contributed by atoms with van der Waals surface area (Å²) < 4.78 is 0. The molecule has 4 nitrogen and oxygen atoms in total. The Morgan fingerprint density at radius 1 is 1.27 bits per heavy atom. The van der Waals surface area contributed by atoms with Gasteiger partial charge in [-0.3, -0.25) is 4.79 Å². The van der Waals surface area contributed by atoms with Gasteiger partial charge in [0, 0.05) is 30.1 Å². The van der Waals surface area contributed by atoms with Crippen LogP contribution in [-0.2, 0) is 11.2 Å². The van der Waals surface area contributed by atoms with Crippen molar-refractivity contribution in [2.45, 2.75) is 51.6 Å². The predicted octanol–water partition coefficient (Wildman–Crippen LogP) is 3.16. The summed E-state index contributed by atoms with van der Waals surface area (Å²) in [5.74, 6) is 0.0140. The molecule has 0 radical (unpaired) electrons. The van der Waals surface area contributed by atoms with Gasteiger partial charge in [0.1, 0.15) is 0 Å². The van der Waals surface area contributed by atoms with Crippen molar-refractivity contribution < 1.29 is 9.90 Å². The summed E-state index contributed by atoms with van der Waals surface area (Å²) in [6.45, 7) is 4.21. The number of aryl methyl sites for hydroxylation is 1. The molecule has 0 spiro atoms. The molecule has 0 atom stereocenters. The van der Waals surface area contributed by atoms with Crippen LogP contribution in [0.3, 0.4) is 0 Å². The molecule has 0 saturated heterocycles. The molecule has 22 heavy (non-hydrogen) atoms. The lowest BCUT2D eigenvalue weighted by Crippen LogP contribution is -2.41. The molecule has 120 valence electrons. The van der Waals surface area contributed by atoms with Crippen molar-refractivity contribution in [3.8, 4) is 0 Å². The van der Waals surface area contributed by atoms with Crippen molar-refractivity contribution in [2.75, 3.05) is 6.54 Å². The Morgan fingerprint density at radius 2 is 2.00 bits per heavy atom. The van der Waals surface area contributed by atoms with Crippen LogP contribution in [0.25, 0.3) is 10.9 Å². The highest BCUT2D eigenvalue weighted by molar-refractivity contribution is 5.83. The first kappa shape index (κ1) is 16.6. The maximum absolute atomic E-state index is 11.9. The molecule has 2 rings (SSSR count). The zero-order chi connectivity index (χ0) is 16.0. The number of carbonyl (C=O) groups excluding carboxylic acids is 1. The van der Waals surface area contributed by atoms with E-state index < -0.39 is 5.60 Å². The lowest BCUT2D eigenvalue weighted by molar-refractivity contribution is -0.122. The van der Waals surface area contributed by atoms with Crippen LogP contribution < -0.4 is 5.32 Å². The van der Waals surface area contributed by atoms with E-state index in [4.69, 9.17) is 0 Å². The standard InChI is InChI=1S/C18H26N2O2/c1-3-18(22,4-2)13-20-17(21)11-7-8-14-12-19-16-10-6-5-9-15(14)16/h5-6,9-10,12,19,22H,3-4,7-8,11,13H2,1-2H3,(H,20,21). The number of rotatable bonds is 8. The van der Waals surface area contributed by atoms with Crippen molar-refractivity contribution >= 4 is 16.8 Å². The summed E-state index contributed by atoms with van der Waals surface area (Å²) >= 11 is 0. The fourth-order valence-electron chi connectivity index (χ4n) is 2.63. The Labute approximate surface area is 131 Å². The number of para-hydroxylation sites is 1. The molecule has 4 heteroatoms. The van der Waals surface area contributed by atoms with Gasteiger partial charge in [-0.1, -0.05) is 32.0 Å². The van der Waals surface area contributed by atoms with Crippen LogP contribution in [-0.4, -0.2) is 28.1 Å². The molecule has 1 aromatic heterocycles. The summed E-state index contributed by atoms with van der Waals surface area (Å²) in [6, 6.07) is 8.20. The molecule has 0 bridgehead atoms. The van der Waals surface area contributed by atoms with Gasteiger partial charge in [-0.05, 0) is 37.3 Å². The van der Waals surface area contributed by atoms with Gasteiger partial charge >= 0.3 is 0 Å². The summed E-state index contributed by atoms with van der Waals surface area (Å²) in [5.41, 5.74) is 1.62. The molecule has 0 aliphatic heterocycles. The van der Waals surface area contributed by atoms with E-state index in [2.05, 4.69) is 22.4 Å². The molecule has 0 unspecified atom stereocenters. The maximum atomic E-state index is 11.9. The molecule has 1 heterocycles. The SMILES string of the molecule is CCC(O)(CC)CNC(=O)CCCc1c[nH]c2ccccc12. The van der Waals surface area contributed by atoms with Gasteiger partial charge in [0.15, 0.2) is 0 Å². The van der Waals surface area contributed by atoms with Crippen LogP contribution in [0.4, 0.5) is 0 Å². The van der Waals surface area contributed by atoms with Crippen molar-refractivity contribution in [1.82, 2.24) is 10.3 Å². The molecular formula is C18H26N2O2. The van der Waals surface area contributed by atoms with Crippen molar-refractivity contribution in [2.24, 2.45) is 0 Å². The van der Waals surface area contributed by atoms with Crippen LogP contribution in [0, 0.1) is 0 Å². The van der Waals surface area contributed by atoms with Gasteiger partial charge in [-0.2, -0.15) is 0 Å². The third-order valence-electron chi connectivity index (χ3n) is 4.46. The second-order valence-electron chi connectivity index (χ2n) is 5.92. The zero-order valence-electron chi connectivity index (χ0n) is 13.5. The number of hydrogen-bond donors (Lipinski definition) is 3. The van der Waals surface area contributed by atoms with E-state index >= 15 is 0 Å². The smallest absolute Gasteiger partial charge is 0.220 e. The molecular weight excluding hydrogens is 276 g/mol. The van der Waals surface area contributed by atoms with Gasteiger partial charge < -0.3 is 15.4 Å². The number of H-pyrrole nitrogens is 1. The third kappa shape index (κ3) is 4.10. The Kier molecular flexibility index (Phi) is 5.61. The van der Waals surface area contributed by atoms with Crippen LogP contribution >= 0.6 is 0 Å². The molecule has 2 aromatic rings. The lowest BCUT2D eigenvalue weighted by Gasteiger charge is -2.25. The minimum Gasteiger partial charge on any atom is -0.388 e. The molecule has 0 saturated carbocycles. The molecule has 3 N–H and O–H groups in total. The van der Waals surface area contributed by atoms with Crippen molar-refractivity contribution in [1.29, 1.82) is 0 Å². The molecule has 0 aliphatic rings. The van der Waals surface area contributed by atoms with Crippen LogP contribution in [0.15, 0.2) is 30.5 Å². The van der Waals surface area contributed by atoms with Crippen molar-refractivity contribution in [3.63, 3.8) is 0 Å². The summed E-state index contributed by atoms with van der Waals surface area (Å²) in [6.07, 6.45) is 5.50. The summed E-state index contributed by atoms with van der Waals surface area (Å²) in [7, 11) is 0. The average molecular weight is 302 g/mol. The van der Waals surface area contributed by atoms with Crippen molar-refractivity contribution in [3.05, 3.63) is 36.0 Å². The number of carbonyl (C=O) groups is 1. The van der Waals surface area contributed by atoms with Gasteiger partial charge in [-0.15, -0.1) is 0 Å². The highest BCUT2D eigenvalue weighted by atomic mass is 16.3. The highest BCUT2D eigenvalue weighted by Gasteiger charge is 2.22. The average Bonchev–Trinajstić information content (AvgIpc) is 2.96. The van der Waals surface area contributed by atoms with E-state index in [-0.39, 0.29) is 5.91 Å². The van der Waals surface area contributed by atoms with E-state index in [0.29, 0.717) is 25.8 Å². The second-order valence-corrected chi connectivity index (χ2v) is 5.92. The third-order valence-corrected chi connectivity index (χ3v) is 4.46. The first-order chi connectivity index (χ1) is 10.6. The summed E-state index contributed by atoms with van der Waals surface area (Å²) in [5, 5.41) is 14.2. The zero-order valence-corrected chi connectivity index (χ0v) is 13.5. The Morgan fingerprint density at radius 3 is 2.73 bits per heavy atom. The highest BCUT2D eigenvalue weighted by Crippen LogP contribution is 2.19. The summed E-state index contributed by atoms with van der Waals surface area (Å²) in [4.78, 5) is 15.1. The van der Waals surface area contributed by atoms with E-state index in [1.165, 1.54) is 10.9 Å². The molecule has 1 amide bonds. The first-order valence-electron chi connectivity index (χ1n) is 8.12. The van der Waals surface area contributed by atoms with Gasteiger partial charge in [0.25, 0.3) is 0 Å². The van der Waals surface area contributed by atoms with Gasteiger partial charge in [0.2, 0.25) is 5.91 Å². The van der Waals surface area contributed by atoms with Crippen LogP contribution in [0.1, 0.15) is 45.1 Å². The number of amides is 1.